The second kappa shape index (κ2) is 14.0. The molecule has 2 heterocycles. The van der Waals surface area contributed by atoms with E-state index in [0.29, 0.717) is 6.42 Å². The fraction of sp³-hybridized carbons (Fsp3) is 0.450. The number of halogens is 1. The highest BCUT2D eigenvalue weighted by molar-refractivity contribution is 6.32. The number of benzene rings is 2. The Morgan fingerprint density at radius 1 is 0.956 bits per heavy atom. The normalized spacial score (nSPS) is 22.7. The molecule has 1 aliphatic carbocycles. The lowest BCUT2D eigenvalue weighted by Crippen LogP contribution is -2.29. The van der Waals surface area contributed by atoms with Gasteiger partial charge in [0.15, 0.2) is 5.71 Å². The van der Waals surface area contributed by atoms with E-state index in [9.17, 15) is 9.90 Å². The summed E-state index contributed by atoms with van der Waals surface area (Å²) in [7, 11) is 0. The van der Waals surface area contributed by atoms with Gasteiger partial charge in [0.25, 0.3) is 0 Å². The number of carboxylic acid groups (broad SMARTS) is 1. The molecular weight excluding hydrogens is 576 g/mol. The average Bonchev–Trinajstić information content (AvgIpc) is 3.38. The molecule has 4 nitrogen and oxygen atoms in total. The minimum Gasteiger partial charge on any atom is -0.481 e. The first-order valence-corrected chi connectivity index (χ1v) is 17.3. The Morgan fingerprint density at radius 2 is 1.69 bits per heavy atom. The monoisotopic (exact) mass is 625 g/mol. The molecule has 0 saturated carbocycles. The molecule has 3 aliphatic rings. The van der Waals surface area contributed by atoms with E-state index in [4.69, 9.17) is 11.6 Å². The molecule has 0 radical (unpaired) electrons. The molecule has 2 aromatic carbocycles. The predicted octanol–water partition coefficient (Wildman–Crippen LogP) is 10.3. The third-order valence-electron chi connectivity index (χ3n) is 10.0. The van der Waals surface area contributed by atoms with Crippen LogP contribution < -0.4 is 4.90 Å². The number of carbonyl (C=O) groups is 1. The number of allylic oxidation sites excluding steroid dienone is 8. The van der Waals surface area contributed by atoms with E-state index >= 15 is 0 Å². The van der Waals surface area contributed by atoms with Gasteiger partial charge in [-0.3, -0.25) is 4.79 Å². The topological polar surface area (TPSA) is 43.5 Å². The molecule has 0 spiro atoms. The Balaban J connectivity index is 1.50. The number of hydrogen-bond donors (Lipinski definition) is 1. The van der Waals surface area contributed by atoms with Gasteiger partial charge in [0.05, 0.1) is 5.41 Å². The minimum absolute atomic E-state index is 0.0725. The second-order valence-corrected chi connectivity index (χ2v) is 13.9. The molecule has 0 bridgehead atoms. The maximum absolute atomic E-state index is 11.4. The number of para-hydroxylation sites is 2. The van der Waals surface area contributed by atoms with Crippen LogP contribution in [0.15, 0.2) is 94.7 Å². The van der Waals surface area contributed by atoms with Gasteiger partial charge in [-0.15, -0.1) is 0 Å². The standard InChI is InChI=1S/C40H49ClN2O2/c1-6-8-28-43-33-19-11-9-17-31(33)39(3,4)35(43)24-22-29-15-13-16-30(38(29)41)23-25-36-40(5,26-14-21-37(44)45)32-18-10-12-20-34(32)42(36)27-7-2/h9-12,17-20,22-25H,6-8,13-16,21,26-28H2,1-5H3/p+1. The van der Waals surface area contributed by atoms with E-state index < -0.39 is 5.97 Å². The van der Waals surface area contributed by atoms with Crippen LogP contribution in [0.2, 0.25) is 0 Å². The van der Waals surface area contributed by atoms with Crippen LogP contribution in [0.3, 0.4) is 0 Å². The SMILES string of the molecule is CCCC[N+]1=C(/C=C/C2=C(Cl)C(=C/C=C3/N(CCC)c4ccccc4C3(C)CCCC(=O)O)/CCC2)C(C)(C)c2ccccc21. The largest absolute Gasteiger partial charge is 0.481 e. The number of carboxylic acids is 1. The molecule has 45 heavy (non-hydrogen) atoms. The Bertz CT molecular complexity index is 1590. The molecule has 0 aromatic heterocycles. The van der Waals surface area contributed by atoms with Crippen molar-refractivity contribution in [3.63, 3.8) is 0 Å². The van der Waals surface area contributed by atoms with Crippen molar-refractivity contribution in [2.75, 3.05) is 18.0 Å². The van der Waals surface area contributed by atoms with Crippen molar-refractivity contribution in [2.24, 2.45) is 0 Å². The summed E-state index contributed by atoms with van der Waals surface area (Å²) in [5, 5.41) is 10.2. The van der Waals surface area contributed by atoms with Crippen LogP contribution in [0.4, 0.5) is 11.4 Å². The number of hydrogen-bond acceptors (Lipinski definition) is 2. The van der Waals surface area contributed by atoms with Crippen molar-refractivity contribution in [3.8, 4) is 0 Å². The average molecular weight is 626 g/mol. The maximum Gasteiger partial charge on any atom is 0.303 e. The van der Waals surface area contributed by atoms with Crippen molar-refractivity contribution in [2.45, 2.75) is 103 Å². The van der Waals surface area contributed by atoms with Gasteiger partial charge in [-0.2, -0.15) is 4.58 Å². The third-order valence-corrected chi connectivity index (χ3v) is 10.5. The molecular formula is C40H50ClN2O2+. The summed E-state index contributed by atoms with van der Waals surface area (Å²) in [4.78, 5) is 13.8. The molecule has 0 saturated heterocycles. The van der Waals surface area contributed by atoms with E-state index in [-0.39, 0.29) is 17.3 Å². The maximum atomic E-state index is 11.4. The Labute approximate surface area is 275 Å². The smallest absolute Gasteiger partial charge is 0.303 e. The first kappa shape index (κ1) is 33.0. The quantitative estimate of drug-likeness (QED) is 0.239. The zero-order valence-corrected chi connectivity index (χ0v) is 28.6. The molecule has 1 unspecified atom stereocenters. The van der Waals surface area contributed by atoms with Crippen LogP contribution in [0, 0.1) is 0 Å². The Hall–Kier alpha value is -3.37. The van der Waals surface area contributed by atoms with Crippen LogP contribution in [0.1, 0.15) is 104 Å². The molecule has 1 atom stereocenters. The molecule has 5 rings (SSSR count). The lowest BCUT2D eigenvalue weighted by atomic mass is 9.77. The molecule has 1 N–H and O–H groups in total. The van der Waals surface area contributed by atoms with E-state index in [1.807, 2.05) is 0 Å². The lowest BCUT2D eigenvalue weighted by molar-refractivity contribution is -0.438. The highest BCUT2D eigenvalue weighted by Crippen LogP contribution is 2.51. The first-order valence-electron chi connectivity index (χ1n) is 16.9. The summed E-state index contributed by atoms with van der Waals surface area (Å²) in [6.45, 7) is 13.4. The van der Waals surface area contributed by atoms with Gasteiger partial charge in [0.2, 0.25) is 5.69 Å². The van der Waals surface area contributed by atoms with Crippen LogP contribution in [0.5, 0.6) is 0 Å². The molecule has 238 valence electrons. The summed E-state index contributed by atoms with van der Waals surface area (Å²) in [5.74, 6) is -0.737. The number of nitrogens with zero attached hydrogens (tertiary/aromatic N) is 2. The van der Waals surface area contributed by atoms with Gasteiger partial charge in [-0.1, -0.05) is 80.4 Å². The highest BCUT2D eigenvalue weighted by atomic mass is 35.5. The fourth-order valence-electron chi connectivity index (χ4n) is 7.60. The number of rotatable bonds is 12. The summed E-state index contributed by atoms with van der Waals surface area (Å²) < 4.78 is 2.51. The molecule has 2 aromatic rings. The van der Waals surface area contributed by atoms with E-state index in [2.05, 4.69) is 117 Å². The van der Waals surface area contributed by atoms with Crippen molar-refractivity contribution >= 4 is 34.7 Å². The zero-order valence-electron chi connectivity index (χ0n) is 27.8. The van der Waals surface area contributed by atoms with Crippen molar-refractivity contribution in [1.29, 1.82) is 0 Å². The molecule has 2 aliphatic heterocycles. The summed E-state index contributed by atoms with van der Waals surface area (Å²) in [6, 6.07) is 17.5. The Morgan fingerprint density at radius 3 is 2.42 bits per heavy atom. The molecule has 0 amide bonds. The van der Waals surface area contributed by atoms with E-state index in [0.717, 1.165) is 63.1 Å². The van der Waals surface area contributed by atoms with Crippen LogP contribution >= 0.6 is 11.6 Å². The number of fused-ring (bicyclic) bond motifs is 2. The third kappa shape index (κ3) is 6.49. The van der Waals surface area contributed by atoms with Crippen molar-refractivity contribution in [1.82, 2.24) is 0 Å². The van der Waals surface area contributed by atoms with E-state index in [1.54, 1.807) is 0 Å². The lowest BCUT2D eigenvalue weighted by Gasteiger charge is -2.30. The molecule has 0 fully saturated rings. The minimum atomic E-state index is -0.737. The van der Waals surface area contributed by atoms with Gasteiger partial charge in [0.1, 0.15) is 6.54 Å². The van der Waals surface area contributed by atoms with Gasteiger partial charge < -0.3 is 10.0 Å². The fourth-order valence-corrected chi connectivity index (χ4v) is 7.92. The van der Waals surface area contributed by atoms with Gasteiger partial charge in [-0.05, 0) is 88.1 Å². The number of unbranched alkanes of at least 4 members (excludes halogenated alkanes) is 1. The number of anilines is 1. The van der Waals surface area contributed by atoms with Crippen molar-refractivity contribution in [3.05, 3.63) is 106 Å². The summed E-state index contributed by atoms with van der Waals surface area (Å²) in [5.41, 5.74) is 9.86. The zero-order chi connectivity index (χ0) is 32.2. The Kier molecular flexibility index (Phi) is 10.2. The summed E-state index contributed by atoms with van der Waals surface area (Å²) in [6.07, 6.45) is 17.1. The van der Waals surface area contributed by atoms with Crippen LogP contribution in [-0.4, -0.2) is 34.5 Å². The van der Waals surface area contributed by atoms with E-state index in [1.165, 1.54) is 45.1 Å². The van der Waals surface area contributed by atoms with Crippen molar-refractivity contribution < 1.29 is 14.5 Å². The second-order valence-electron chi connectivity index (χ2n) is 13.6. The highest BCUT2D eigenvalue weighted by Gasteiger charge is 2.44. The van der Waals surface area contributed by atoms with Gasteiger partial charge in [0, 0.05) is 58.9 Å². The van der Waals surface area contributed by atoms with Crippen LogP contribution in [-0.2, 0) is 15.6 Å². The van der Waals surface area contributed by atoms with Gasteiger partial charge in [-0.25, -0.2) is 0 Å². The first-order chi connectivity index (χ1) is 21.6. The van der Waals surface area contributed by atoms with Crippen LogP contribution in [0.25, 0.3) is 0 Å². The predicted molar refractivity (Wildman–Crippen MR) is 189 cm³/mol. The molecule has 5 heteroatoms. The summed E-state index contributed by atoms with van der Waals surface area (Å²) >= 11 is 7.21. The van der Waals surface area contributed by atoms with Gasteiger partial charge >= 0.3 is 5.97 Å². The number of aliphatic carboxylic acids is 1.